The average molecular weight is 440 g/mol. The monoisotopic (exact) mass is 440 g/mol. The topological polar surface area (TPSA) is 217 Å². The van der Waals surface area contributed by atoms with Crippen LogP contribution >= 0.6 is 0 Å². The second-order valence-corrected chi connectivity index (χ2v) is 7.59. The number of nitrogens with zero attached hydrogens (tertiary/aromatic N) is 4. The standard InChI is InChI=1S/C18H28N6O7/c19-23-22-11-4-5-12(14(8-11)24(30)31)20-6-2-1-3-7-21-13-9-18(29,10-25)17(28)16(27)15(13)26/h4-5,8,13,15-17,20-21,25-29H,1-3,6-7,9-10H2/t13-,15-,16+,17-,18-/m0/s1. The highest BCUT2D eigenvalue weighted by atomic mass is 16.6. The summed E-state index contributed by atoms with van der Waals surface area (Å²) in [4.78, 5) is 13.2. The maximum absolute atomic E-state index is 11.2. The molecule has 1 fully saturated rings. The van der Waals surface area contributed by atoms with Crippen LogP contribution < -0.4 is 10.6 Å². The molecule has 0 unspecified atom stereocenters. The lowest BCUT2D eigenvalue weighted by Gasteiger charge is -2.45. The molecule has 31 heavy (non-hydrogen) atoms. The summed E-state index contributed by atoms with van der Waals surface area (Å²) < 4.78 is 0. The van der Waals surface area contributed by atoms with Crippen LogP contribution in [0, 0.1) is 10.1 Å². The number of aliphatic hydroxyl groups is 5. The molecule has 7 N–H and O–H groups in total. The van der Waals surface area contributed by atoms with Crippen molar-refractivity contribution < 1.29 is 30.5 Å². The number of aliphatic hydroxyl groups excluding tert-OH is 4. The van der Waals surface area contributed by atoms with E-state index in [0.29, 0.717) is 31.6 Å². The Morgan fingerprint density at radius 1 is 1.23 bits per heavy atom. The largest absolute Gasteiger partial charge is 0.393 e. The van der Waals surface area contributed by atoms with Crippen LogP contribution in [0.5, 0.6) is 0 Å². The van der Waals surface area contributed by atoms with Gasteiger partial charge in [0.1, 0.15) is 23.5 Å². The zero-order valence-electron chi connectivity index (χ0n) is 16.8. The molecular weight excluding hydrogens is 412 g/mol. The van der Waals surface area contributed by atoms with E-state index in [4.69, 9.17) is 5.53 Å². The minimum absolute atomic E-state index is 0.111. The van der Waals surface area contributed by atoms with Gasteiger partial charge >= 0.3 is 0 Å². The fraction of sp³-hybridized carbons (Fsp3) is 0.667. The quantitative estimate of drug-likeness (QED) is 0.0627. The molecule has 0 heterocycles. The summed E-state index contributed by atoms with van der Waals surface area (Å²) in [5.41, 5.74) is 6.83. The molecule has 0 saturated heterocycles. The lowest BCUT2D eigenvalue weighted by Crippen LogP contribution is -2.66. The van der Waals surface area contributed by atoms with Crippen LogP contribution in [-0.4, -0.2) is 80.1 Å². The number of nitrogens with one attached hydrogen (secondary N) is 2. The Kier molecular flexibility index (Phi) is 8.95. The molecule has 13 heteroatoms. The molecule has 1 aliphatic rings. The molecular formula is C18H28N6O7. The maximum Gasteiger partial charge on any atom is 0.292 e. The molecule has 0 radical (unpaired) electrons. The molecule has 0 aromatic heterocycles. The van der Waals surface area contributed by atoms with E-state index in [1.54, 1.807) is 0 Å². The van der Waals surface area contributed by atoms with Crippen molar-refractivity contribution in [3.8, 4) is 0 Å². The second-order valence-electron chi connectivity index (χ2n) is 7.59. The van der Waals surface area contributed by atoms with E-state index in [-0.39, 0.29) is 17.8 Å². The van der Waals surface area contributed by atoms with Crippen molar-refractivity contribution in [2.75, 3.05) is 25.0 Å². The summed E-state index contributed by atoms with van der Waals surface area (Å²) in [7, 11) is 0. The fourth-order valence-corrected chi connectivity index (χ4v) is 3.59. The molecule has 0 spiro atoms. The van der Waals surface area contributed by atoms with Crippen molar-refractivity contribution in [3.63, 3.8) is 0 Å². The number of rotatable bonds is 11. The van der Waals surface area contributed by atoms with Crippen LogP contribution in [0.3, 0.4) is 0 Å². The number of nitro benzene ring substituents is 1. The Morgan fingerprint density at radius 3 is 2.58 bits per heavy atom. The highest BCUT2D eigenvalue weighted by molar-refractivity contribution is 5.66. The molecule has 2 rings (SSSR count). The number of benzene rings is 1. The van der Waals surface area contributed by atoms with E-state index in [2.05, 4.69) is 20.7 Å². The van der Waals surface area contributed by atoms with Gasteiger partial charge in [-0.1, -0.05) is 17.6 Å². The first-order chi connectivity index (χ1) is 14.7. The predicted octanol–water partition coefficient (Wildman–Crippen LogP) is 0.287. The van der Waals surface area contributed by atoms with Crippen molar-refractivity contribution in [1.82, 2.24) is 5.32 Å². The summed E-state index contributed by atoms with van der Waals surface area (Å²) >= 11 is 0. The summed E-state index contributed by atoms with van der Waals surface area (Å²) in [6, 6.07) is 3.47. The third kappa shape index (κ3) is 6.24. The number of hydrogen-bond acceptors (Lipinski definition) is 10. The summed E-state index contributed by atoms with van der Waals surface area (Å²) in [5.74, 6) is 0. The van der Waals surface area contributed by atoms with E-state index in [9.17, 15) is 35.6 Å². The number of nitro groups is 1. The molecule has 1 saturated carbocycles. The lowest BCUT2D eigenvalue weighted by molar-refractivity contribution is -0.383. The SMILES string of the molecule is [N-]=[N+]=Nc1ccc(NCCCCCN[C@H]2C[C@](O)(CO)[C@@H](O)[C@H](O)[C@H]2O)c([N+](=O)[O-])c1. The Labute approximate surface area is 178 Å². The molecule has 1 aromatic rings. The normalized spacial score (nSPS) is 28.0. The van der Waals surface area contributed by atoms with Crippen LogP contribution in [0.4, 0.5) is 17.1 Å². The number of azide groups is 1. The molecule has 0 bridgehead atoms. The van der Waals surface area contributed by atoms with Gasteiger partial charge in [-0.15, -0.1) is 0 Å². The first kappa shape index (κ1) is 24.8. The first-order valence-corrected chi connectivity index (χ1v) is 9.91. The van der Waals surface area contributed by atoms with Gasteiger partial charge in [-0.25, -0.2) is 0 Å². The maximum atomic E-state index is 11.2. The fourth-order valence-electron chi connectivity index (χ4n) is 3.59. The van der Waals surface area contributed by atoms with Crippen LogP contribution in [0.1, 0.15) is 25.7 Å². The van der Waals surface area contributed by atoms with Gasteiger partial charge in [0.15, 0.2) is 0 Å². The first-order valence-electron chi connectivity index (χ1n) is 9.91. The number of anilines is 1. The van der Waals surface area contributed by atoms with E-state index in [1.807, 2.05) is 0 Å². The molecule has 13 nitrogen and oxygen atoms in total. The molecule has 172 valence electrons. The summed E-state index contributed by atoms with van der Waals surface area (Å²) in [5, 5.41) is 69.8. The van der Waals surface area contributed by atoms with Crippen molar-refractivity contribution >= 4 is 17.1 Å². The van der Waals surface area contributed by atoms with Crippen molar-refractivity contribution in [2.24, 2.45) is 5.11 Å². The van der Waals surface area contributed by atoms with Crippen molar-refractivity contribution in [3.05, 3.63) is 38.8 Å². The smallest absolute Gasteiger partial charge is 0.292 e. The molecule has 1 aromatic carbocycles. The van der Waals surface area contributed by atoms with Gasteiger partial charge in [0, 0.05) is 29.3 Å². The molecule has 5 atom stereocenters. The Morgan fingerprint density at radius 2 is 1.94 bits per heavy atom. The summed E-state index contributed by atoms with van der Waals surface area (Å²) in [6.07, 6.45) is -2.46. The van der Waals surface area contributed by atoms with E-state index in [1.165, 1.54) is 18.2 Å². The Balaban J connectivity index is 1.74. The van der Waals surface area contributed by atoms with Gasteiger partial charge in [-0.05, 0) is 37.4 Å². The van der Waals surface area contributed by atoms with Gasteiger partial charge in [-0.3, -0.25) is 10.1 Å². The zero-order chi connectivity index (χ0) is 23.0. The Hall–Kier alpha value is -2.51. The van der Waals surface area contributed by atoms with Gasteiger partial charge in [0.2, 0.25) is 0 Å². The minimum Gasteiger partial charge on any atom is -0.393 e. The predicted molar refractivity (Wildman–Crippen MR) is 111 cm³/mol. The Bertz CT molecular complexity index is 806. The van der Waals surface area contributed by atoms with Crippen molar-refractivity contribution in [1.29, 1.82) is 0 Å². The minimum atomic E-state index is -1.89. The van der Waals surface area contributed by atoms with Gasteiger partial charge < -0.3 is 36.2 Å². The number of hydrogen-bond donors (Lipinski definition) is 7. The highest BCUT2D eigenvalue weighted by Gasteiger charge is 2.50. The molecule has 1 aliphatic carbocycles. The van der Waals surface area contributed by atoms with Gasteiger partial charge in [0.05, 0.1) is 17.6 Å². The third-order valence-corrected chi connectivity index (χ3v) is 5.40. The highest BCUT2D eigenvalue weighted by Crippen LogP contribution is 2.30. The van der Waals surface area contributed by atoms with Crippen molar-refractivity contribution in [2.45, 2.75) is 55.6 Å². The van der Waals surface area contributed by atoms with E-state index >= 15 is 0 Å². The van der Waals surface area contributed by atoms with E-state index in [0.717, 1.165) is 6.42 Å². The lowest BCUT2D eigenvalue weighted by atomic mass is 9.76. The third-order valence-electron chi connectivity index (χ3n) is 5.40. The van der Waals surface area contributed by atoms with Crippen LogP contribution in [0.25, 0.3) is 10.4 Å². The van der Waals surface area contributed by atoms with Gasteiger partial charge in [-0.2, -0.15) is 0 Å². The average Bonchev–Trinajstić information content (AvgIpc) is 2.75. The summed E-state index contributed by atoms with van der Waals surface area (Å²) in [6.45, 7) is 0.202. The molecule has 0 aliphatic heterocycles. The van der Waals surface area contributed by atoms with E-state index < -0.39 is 41.5 Å². The van der Waals surface area contributed by atoms with Crippen LogP contribution in [-0.2, 0) is 0 Å². The van der Waals surface area contributed by atoms with Gasteiger partial charge in [0.25, 0.3) is 5.69 Å². The van der Waals surface area contributed by atoms with Crippen LogP contribution in [0.15, 0.2) is 23.3 Å². The zero-order valence-corrected chi connectivity index (χ0v) is 16.8. The van der Waals surface area contributed by atoms with Crippen LogP contribution in [0.2, 0.25) is 0 Å². The number of unbranched alkanes of at least 4 members (excludes halogenated alkanes) is 2. The second kappa shape index (κ2) is 11.2. The molecule has 0 amide bonds.